The second-order valence-corrected chi connectivity index (χ2v) is 10.7. The molecule has 2 aromatic heterocycles. The van der Waals surface area contributed by atoms with Gasteiger partial charge in [0, 0.05) is 5.56 Å². The molecule has 2 atom stereocenters. The molecule has 15 heteroatoms. The molecule has 2 N–H and O–H groups in total. The molecule has 0 saturated heterocycles. The topological polar surface area (TPSA) is 134 Å². The number of pyridine rings is 1. The first kappa shape index (κ1) is 30.8. The van der Waals surface area contributed by atoms with Crippen LogP contribution < -0.4 is 5.32 Å². The Morgan fingerprint density at radius 3 is 2.48 bits per heavy atom. The number of hydrogen-bond donors (Lipinski definition) is 2. The van der Waals surface area contributed by atoms with Crippen LogP contribution in [0.2, 0.25) is 0 Å². The van der Waals surface area contributed by atoms with Gasteiger partial charge in [-0.25, -0.2) is 9.78 Å². The fraction of sp³-hybridized carbons (Fsp3) is 0.444. The highest BCUT2D eigenvalue weighted by atomic mass is 19.4. The Morgan fingerprint density at radius 2 is 1.86 bits per heavy atom. The number of carbonyl (C=O) groups is 1. The molecule has 1 amide bonds. The molecule has 0 saturated carbocycles. The normalized spacial score (nSPS) is 19.7. The van der Waals surface area contributed by atoms with Gasteiger partial charge in [-0.05, 0) is 51.7 Å². The smallest absolute Gasteiger partial charge is 0.430 e. The molecule has 0 fully saturated rings. The third-order valence-electron chi connectivity index (χ3n) is 6.38. The number of aliphatic hydroxyl groups is 1. The third kappa shape index (κ3) is 6.18. The summed E-state index contributed by atoms with van der Waals surface area (Å²) < 4.78 is 96.3. The summed E-state index contributed by atoms with van der Waals surface area (Å²) in [5, 5.41) is 29.8. The quantitative estimate of drug-likeness (QED) is 0.299. The van der Waals surface area contributed by atoms with Gasteiger partial charge in [0.15, 0.2) is 5.69 Å². The average molecular weight is 598 g/mol. The van der Waals surface area contributed by atoms with Gasteiger partial charge in [-0.1, -0.05) is 30.7 Å². The Morgan fingerprint density at radius 1 is 1.14 bits per heavy atom. The van der Waals surface area contributed by atoms with Gasteiger partial charge >= 0.3 is 18.4 Å². The number of carbonyl (C=O) groups excluding carboxylic acids is 1. The molecule has 0 aliphatic carbocycles. The molecule has 2 unspecified atom stereocenters. The summed E-state index contributed by atoms with van der Waals surface area (Å²) >= 11 is 0. The number of ether oxygens (including phenoxy) is 1. The van der Waals surface area contributed by atoms with Gasteiger partial charge in [0.25, 0.3) is 17.4 Å². The number of fused-ring (bicyclic) bond motifs is 7. The van der Waals surface area contributed by atoms with Crippen LogP contribution in [-0.4, -0.2) is 38.2 Å². The first-order valence-electron chi connectivity index (χ1n) is 12.7. The van der Waals surface area contributed by atoms with E-state index in [-0.39, 0.29) is 19.3 Å². The summed E-state index contributed by atoms with van der Waals surface area (Å²) in [6.07, 6.45) is -10.9. The summed E-state index contributed by atoms with van der Waals surface area (Å²) in [6, 6.07) is 7.27. The Balaban J connectivity index is 2.00. The number of benzene rings is 1. The third-order valence-corrected chi connectivity index (χ3v) is 6.38. The van der Waals surface area contributed by atoms with E-state index in [1.54, 1.807) is 0 Å². The number of amides is 1. The van der Waals surface area contributed by atoms with Gasteiger partial charge in [0.1, 0.15) is 5.60 Å². The number of anilines is 1. The van der Waals surface area contributed by atoms with Crippen molar-refractivity contribution in [3.8, 4) is 17.7 Å². The minimum absolute atomic E-state index is 0.0634. The molecule has 0 radical (unpaired) electrons. The van der Waals surface area contributed by atoms with Gasteiger partial charge in [-0.3, -0.25) is 5.32 Å². The first-order chi connectivity index (χ1) is 19.4. The van der Waals surface area contributed by atoms with Crippen molar-refractivity contribution < 1.29 is 45.4 Å². The molecular formula is C27H25F6N5O4. The molecule has 1 aliphatic rings. The van der Waals surface area contributed by atoms with Crippen molar-refractivity contribution >= 4 is 11.8 Å². The van der Waals surface area contributed by atoms with Crippen LogP contribution in [0.25, 0.3) is 11.6 Å². The van der Waals surface area contributed by atoms with E-state index < -0.39 is 75.5 Å². The van der Waals surface area contributed by atoms with Crippen LogP contribution in [0.15, 0.2) is 34.7 Å². The van der Waals surface area contributed by atoms with Crippen LogP contribution in [-0.2, 0) is 22.9 Å². The number of nitrogens with zero attached hydrogens (tertiary/aromatic N) is 4. The zero-order valence-electron chi connectivity index (χ0n) is 22.5. The van der Waals surface area contributed by atoms with E-state index in [0.717, 1.165) is 12.1 Å². The summed E-state index contributed by atoms with van der Waals surface area (Å²) in [5.41, 5.74) is -8.53. The van der Waals surface area contributed by atoms with Crippen LogP contribution in [0.3, 0.4) is 0 Å². The van der Waals surface area contributed by atoms with Crippen molar-refractivity contribution in [1.29, 1.82) is 5.26 Å². The lowest BCUT2D eigenvalue weighted by Crippen LogP contribution is -2.43. The molecule has 1 aliphatic heterocycles. The summed E-state index contributed by atoms with van der Waals surface area (Å²) in [7, 11) is 0. The zero-order chi connectivity index (χ0) is 31.1. The van der Waals surface area contributed by atoms with E-state index in [1.807, 2.05) is 6.07 Å². The van der Waals surface area contributed by atoms with Gasteiger partial charge in [-0.2, -0.15) is 31.6 Å². The largest absolute Gasteiger partial charge is 0.444 e. The van der Waals surface area contributed by atoms with E-state index in [9.17, 15) is 41.5 Å². The van der Waals surface area contributed by atoms with Crippen LogP contribution >= 0.6 is 0 Å². The molecule has 224 valence electrons. The zero-order valence-corrected chi connectivity index (χ0v) is 22.5. The van der Waals surface area contributed by atoms with E-state index in [1.165, 1.54) is 32.9 Å². The number of aryl methyl sites for hydroxylation is 1. The van der Waals surface area contributed by atoms with Crippen molar-refractivity contribution in [3.05, 3.63) is 58.6 Å². The number of halogens is 6. The minimum Gasteiger partial charge on any atom is -0.444 e. The molecule has 6 bridgehead atoms. The summed E-state index contributed by atoms with van der Waals surface area (Å²) in [4.78, 5) is 16.5. The van der Waals surface area contributed by atoms with Gasteiger partial charge in [0.05, 0.1) is 28.9 Å². The minimum atomic E-state index is -5.37. The van der Waals surface area contributed by atoms with Crippen molar-refractivity contribution in [3.63, 3.8) is 0 Å². The van der Waals surface area contributed by atoms with Crippen LogP contribution in [0, 0.1) is 11.3 Å². The van der Waals surface area contributed by atoms with E-state index >= 15 is 0 Å². The number of hydrogen-bond acceptors (Lipinski definition) is 8. The number of nitriles is 1. The average Bonchev–Trinajstić information content (AvgIpc) is 3.36. The SMILES string of the molecule is CC(C)(C)OC(=O)Nc1cc(C(F)(F)F)c2nc1-c1nnc(o1)C(O)(C(F)(F)F)c1cccc(c1)CCCCC2C#N. The Hall–Kier alpha value is -4.19. The number of rotatable bonds is 1. The number of nitrogens with one attached hydrogen (secondary N) is 1. The predicted octanol–water partition coefficient (Wildman–Crippen LogP) is 6.63. The van der Waals surface area contributed by atoms with Crippen molar-refractivity contribution in [2.45, 2.75) is 75.9 Å². The lowest BCUT2D eigenvalue weighted by molar-refractivity contribution is -0.255. The van der Waals surface area contributed by atoms with Crippen LogP contribution in [0.5, 0.6) is 0 Å². The fourth-order valence-corrected chi connectivity index (χ4v) is 4.46. The van der Waals surface area contributed by atoms with E-state index in [2.05, 4.69) is 20.5 Å². The van der Waals surface area contributed by atoms with Gasteiger partial charge in [0.2, 0.25) is 0 Å². The first-order valence-corrected chi connectivity index (χ1v) is 12.7. The monoisotopic (exact) mass is 597 g/mol. The second-order valence-electron chi connectivity index (χ2n) is 10.7. The van der Waals surface area contributed by atoms with Gasteiger partial charge < -0.3 is 14.3 Å². The molecular weight excluding hydrogens is 572 g/mol. The number of alkyl halides is 6. The van der Waals surface area contributed by atoms with Crippen LogP contribution in [0.1, 0.15) is 74.2 Å². The van der Waals surface area contributed by atoms with E-state index in [4.69, 9.17) is 9.15 Å². The van der Waals surface area contributed by atoms with Gasteiger partial charge in [-0.15, -0.1) is 10.2 Å². The Bertz CT molecular complexity index is 1520. The molecule has 1 aromatic carbocycles. The van der Waals surface area contributed by atoms with E-state index in [0.29, 0.717) is 18.1 Å². The van der Waals surface area contributed by atoms with Crippen molar-refractivity contribution in [2.24, 2.45) is 0 Å². The molecule has 4 rings (SSSR count). The maximum atomic E-state index is 14.4. The predicted molar refractivity (Wildman–Crippen MR) is 134 cm³/mol. The standard InChI is InChI=1S/C27H25F6N5O4/c1-24(2,3)42-23(39)35-18-12-17(26(28,29)30)19-15(13-34)9-5-4-7-14-8-6-10-16(11-14)25(40,27(31,32)33)22-38-37-21(41-22)20(18)36-19/h6,8,10-12,15,40H,4-5,7,9H2,1-3H3,(H,35,39). The molecule has 3 aromatic rings. The summed E-state index contributed by atoms with van der Waals surface area (Å²) in [5.74, 6) is -3.57. The molecule has 3 heterocycles. The van der Waals surface area contributed by atoms with Crippen molar-refractivity contribution in [2.75, 3.05) is 5.32 Å². The van der Waals surface area contributed by atoms with Crippen LogP contribution in [0.4, 0.5) is 36.8 Å². The molecule has 42 heavy (non-hydrogen) atoms. The molecule has 9 nitrogen and oxygen atoms in total. The highest BCUT2D eigenvalue weighted by molar-refractivity contribution is 5.89. The summed E-state index contributed by atoms with van der Waals surface area (Å²) in [6.45, 7) is 4.49. The second kappa shape index (κ2) is 10.9. The maximum absolute atomic E-state index is 14.4. The lowest BCUT2D eigenvalue weighted by atomic mass is 9.90. The Kier molecular flexibility index (Phi) is 7.98. The Labute approximate surface area is 235 Å². The van der Waals surface area contributed by atoms with Crippen molar-refractivity contribution in [1.82, 2.24) is 15.2 Å². The highest BCUT2D eigenvalue weighted by Gasteiger charge is 2.60. The lowest BCUT2D eigenvalue weighted by Gasteiger charge is -2.27. The fourth-order valence-electron chi connectivity index (χ4n) is 4.46. The maximum Gasteiger partial charge on any atom is 0.430 e. The highest BCUT2D eigenvalue weighted by Crippen LogP contribution is 2.46. The molecule has 0 spiro atoms. The number of aromatic nitrogens is 3.